The second kappa shape index (κ2) is 4.80. The lowest BCUT2D eigenvalue weighted by Crippen LogP contribution is -2.12. The fourth-order valence-electron chi connectivity index (χ4n) is 1.69. The van der Waals surface area contributed by atoms with Crippen LogP contribution >= 0.6 is 0 Å². The first-order chi connectivity index (χ1) is 9.30. The second-order valence-electron chi connectivity index (χ2n) is 3.90. The first kappa shape index (κ1) is 13.8. The molecule has 0 saturated heterocycles. The molecule has 0 aliphatic rings. The van der Waals surface area contributed by atoms with Crippen LogP contribution in [0.3, 0.4) is 0 Å². The fraction of sp³-hybridized carbons (Fsp3) is 0.0833. The Morgan fingerprint density at radius 2 is 2.00 bits per heavy atom. The summed E-state index contributed by atoms with van der Waals surface area (Å²) in [7, 11) is 0. The number of carboxylic acids is 1. The molecule has 2 rings (SSSR count). The Labute approximate surface area is 110 Å². The number of halogens is 3. The lowest BCUT2D eigenvalue weighted by atomic mass is 9.99. The van der Waals surface area contributed by atoms with E-state index in [9.17, 15) is 18.0 Å². The van der Waals surface area contributed by atoms with E-state index in [-0.39, 0.29) is 11.3 Å². The van der Waals surface area contributed by atoms with Crippen molar-refractivity contribution >= 4 is 11.7 Å². The lowest BCUT2D eigenvalue weighted by molar-refractivity contribution is -0.137. The molecule has 1 heterocycles. The minimum atomic E-state index is -4.68. The van der Waals surface area contributed by atoms with Crippen LogP contribution in [-0.2, 0) is 6.18 Å². The molecule has 20 heavy (non-hydrogen) atoms. The Kier molecular flexibility index (Phi) is 3.31. The van der Waals surface area contributed by atoms with Gasteiger partial charge in [-0.1, -0.05) is 0 Å². The van der Waals surface area contributed by atoms with Crippen LogP contribution in [0.5, 0.6) is 0 Å². The summed E-state index contributed by atoms with van der Waals surface area (Å²) in [4.78, 5) is 11.0. The molecule has 1 aromatic carbocycles. The van der Waals surface area contributed by atoms with Gasteiger partial charge < -0.3 is 10.8 Å². The Balaban J connectivity index is 2.76. The summed E-state index contributed by atoms with van der Waals surface area (Å²) in [5.41, 5.74) is 2.96. The highest BCUT2D eigenvalue weighted by atomic mass is 19.4. The van der Waals surface area contributed by atoms with Crippen LogP contribution in [0.2, 0.25) is 0 Å². The van der Waals surface area contributed by atoms with E-state index >= 15 is 0 Å². The highest BCUT2D eigenvalue weighted by Gasteiger charge is 2.35. The maximum Gasteiger partial charge on any atom is 0.417 e. The zero-order chi connectivity index (χ0) is 14.9. The summed E-state index contributed by atoms with van der Waals surface area (Å²) in [5.74, 6) is -1.42. The molecule has 2 aromatic rings. The molecule has 5 nitrogen and oxygen atoms in total. The van der Waals surface area contributed by atoms with E-state index in [1.54, 1.807) is 0 Å². The average molecular weight is 283 g/mol. The molecule has 0 atom stereocenters. The van der Waals surface area contributed by atoms with Crippen LogP contribution < -0.4 is 5.73 Å². The summed E-state index contributed by atoms with van der Waals surface area (Å²) < 4.78 is 39.0. The number of rotatable bonds is 2. The number of nitrogens with two attached hydrogens (primary N) is 1. The number of alkyl halides is 3. The zero-order valence-corrected chi connectivity index (χ0v) is 9.85. The minimum Gasteiger partial charge on any atom is -0.478 e. The van der Waals surface area contributed by atoms with E-state index in [1.165, 1.54) is 18.3 Å². The third-order valence-corrected chi connectivity index (χ3v) is 2.57. The quantitative estimate of drug-likeness (QED) is 0.826. The van der Waals surface area contributed by atoms with Crippen LogP contribution in [0.1, 0.15) is 15.9 Å². The maximum atomic E-state index is 13.0. The molecular formula is C12H8F3N3O2. The van der Waals surface area contributed by atoms with E-state index in [0.717, 1.165) is 6.07 Å². The van der Waals surface area contributed by atoms with Gasteiger partial charge in [-0.25, -0.2) is 4.79 Å². The van der Waals surface area contributed by atoms with Gasteiger partial charge in [-0.3, -0.25) is 0 Å². The van der Waals surface area contributed by atoms with Gasteiger partial charge in [-0.05, 0) is 24.3 Å². The normalized spacial score (nSPS) is 11.3. The number of carboxylic acid groups (broad SMARTS) is 1. The molecule has 104 valence electrons. The number of aromatic nitrogens is 2. The zero-order valence-electron chi connectivity index (χ0n) is 9.85. The third kappa shape index (κ3) is 2.53. The topological polar surface area (TPSA) is 89.1 Å². The van der Waals surface area contributed by atoms with Gasteiger partial charge in [0, 0.05) is 17.4 Å². The SMILES string of the molecule is Nc1cc(C(F)(F)F)c(-c2cccnn2)cc1C(=O)O. The molecule has 3 N–H and O–H groups in total. The Bertz CT molecular complexity index is 657. The van der Waals surface area contributed by atoms with Crippen molar-refractivity contribution in [3.05, 3.63) is 41.6 Å². The van der Waals surface area contributed by atoms with Crippen molar-refractivity contribution in [2.45, 2.75) is 6.18 Å². The van der Waals surface area contributed by atoms with Crippen molar-refractivity contribution in [3.63, 3.8) is 0 Å². The van der Waals surface area contributed by atoms with Gasteiger partial charge in [-0.15, -0.1) is 0 Å². The molecule has 0 aliphatic heterocycles. The first-order valence-electron chi connectivity index (χ1n) is 5.33. The van der Waals surface area contributed by atoms with Gasteiger partial charge >= 0.3 is 12.1 Å². The molecule has 0 spiro atoms. The Morgan fingerprint density at radius 3 is 2.50 bits per heavy atom. The summed E-state index contributed by atoms with van der Waals surface area (Å²) in [6.07, 6.45) is -3.38. The molecule has 0 bridgehead atoms. The van der Waals surface area contributed by atoms with E-state index in [0.29, 0.717) is 6.07 Å². The maximum absolute atomic E-state index is 13.0. The molecule has 0 unspecified atom stereocenters. The number of benzene rings is 1. The van der Waals surface area contributed by atoms with Gasteiger partial charge in [0.25, 0.3) is 0 Å². The Hall–Kier alpha value is -2.64. The smallest absolute Gasteiger partial charge is 0.417 e. The summed E-state index contributed by atoms with van der Waals surface area (Å²) >= 11 is 0. The highest BCUT2D eigenvalue weighted by molar-refractivity contribution is 5.95. The number of hydrogen-bond donors (Lipinski definition) is 2. The number of aromatic carboxylic acids is 1. The van der Waals surface area contributed by atoms with Crippen LogP contribution in [0.15, 0.2) is 30.5 Å². The summed E-state index contributed by atoms with van der Waals surface area (Å²) in [6, 6.07) is 4.15. The highest BCUT2D eigenvalue weighted by Crippen LogP contribution is 2.38. The van der Waals surface area contributed by atoms with Crippen LogP contribution in [0.25, 0.3) is 11.3 Å². The van der Waals surface area contributed by atoms with E-state index in [4.69, 9.17) is 10.8 Å². The fourth-order valence-corrected chi connectivity index (χ4v) is 1.69. The molecule has 0 aliphatic carbocycles. The van der Waals surface area contributed by atoms with E-state index in [2.05, 4.69) is 10.2 Å². The van der Waals surface area contributed by atoms with Gasteiger partial charge in [0.15, 0.2) is 0 Å². The number of nitrogens with zero attached hydrogens (tertiary/aromatic N) is 2. The van der Waals surface area contributed by atoms with Crippen LogP contribution in [-0.4, -0.2) is 21.3 Å². The number of anilines is 1. The predicted octanol–water partition coefficient (Wildman–Crippen LogP) is 2.44. The monoisotopic (exact) mass is 283 g/mol. The molecule has 0 fully saturated rings. The second-order valence-corrected chi connectivity index (χ2v) is 3.90. The van der Waals surface area contributed by atoms with Crippen LogP contribution in [0, 0.1) is 0 Å². The van der Waals surface area contributed by atoms with Crippen molar-refractivity contribution in [2.75, 3.05) is 5.73 Å². The van der Waals surface area contributed by atoms with Gasteiger partial charge in [0.05, 0.1) is 16.8 Å². The summed E-state index contributed by atoms with van der Waals surface area (Å²) in [6.45, 7) is 0. The minimum absolute atomic E-state index is 0.0812. The average Bonchev–Trinajstić information content (AvgIpc) is 2.38. The summed E-state index contributed by atoms with van der Waals surface area (Å²) in [5, 5.41) is 16.0. The number of hydrogen-bond acceptors (Lipinski definition) is 4. The molecule has 0 saturated carbocycles. The predicted molar refractivity (Wildman–Crippen MR) is 63.8 cm³/mol. The molecular weight excluding hydrogens is 275 g/mol. The standard InChI is InChI=1S/C12H8F3N3O2/c13-12(14,15)8-5-9(16)7(11(19)20)4-6(8)10-2-1-3-17-18-10/h1-5H,16H2,(H,19,20). The van der Waals surface area contributed by atoms with Crippen molar-refractivity contribution in [1.29, 1.82) is 0 Å². The third-order valence-electron chi connectivity index (χ3n) is 2.57. The van der Waals surface area contributed by atoms with E-state index in [1.807, 2.05) is 0 Å². The number of nitrogen functional groups attached to an aromatic ring is 1. The molecule has 1 aromatic heterocycles. The largest absolute Gasteiger partial charge is 0.478 e. The lowest BCUT2D eigenvalue weighted by Gasteiger charge is -2.14. The van der Waals surface area contributed by atoms with Crippen molar-refractivity contribution in [1.82, 2.24) is 10.2 Å². The van der Waals surface area contributed by atoms with Crippen molar-refractivity contribution in [2.24, 2.45) is 0 Å². The molecule has 0 amide bonds. The van der Waals surface area contributed by atoms with Crippen molar-refractivity contribution < 1.29 is 23.1 Å². The Morgan fingerprint density at radius 1 is 1.30 bits per heavy atom. The van der Waals surface area contributed by atoms with Gasteiger partial charge in [0.2, 0.25) is 0 Å². The first-order valence-corrected chi connectivity index (χ1v) is 5.33. The number of carbonyl (C=O) groups is 1. The van der Waals surface area contributed by atoms with Gasteiger partial charge in [-0.2, -0.15) is 23.4 Å². The molecule has 8 heteroatoms. The van der Waals surface area contributed by atoms with Crippen molar-refractivity contribution in [3.8, 4) is 11.3 Å². The van der Waals surface area contributed by atoms with Crippen LogP contribution in [0.4, 0.5) is 18.9 Å². The van der Waals surface area contributed by atoms with Gasteiger partial charge in [0.1, 0.15) is 0 Å². The van der Waals surface area contributed by atoms with E-state index < -0.39 is 29.0 Å². The molecule has 0 radical (unpaired) electrons.